The Labute approximate surface area is 82.1 Å². The zero-order chi connectivity index (χ0) is 10.6. The van der Waals surface area contributed by atoms with Crippen LogP contribution in [0.25, 0.3) is 0 Å². The van der Waals surface area contributed by atoms with Gasteiger partial charge in [0.05, 0.1) is 12.2 Å². The summed E-state index contributed by atoms with van der Waals surface area (Å²) >= 11 is 0. The van der Waals surface area contributed by atoms with Gasteiger partial charge in [0.15, 0.2) is 0 Å². The molecular formula is C9H15F2N3. The third-order valence-corrected chi connectivity index (χ3v) is 1.98. The molecule has 1 atom stereocenters. The predicted molar refractivity (Wildman–Crippen MR) is 50.4 cm³/mol. The number of rotatable bonds is 5. The molecular weight excluding hydrogens is 188 g/mol. The summed E-state index contributed by atoms with van der Waals surface area (Å²) in [6.45, 7) is 2.37. The van der Waals surface area contributed by atoms with Crippen LogP contribution >= 0.6 is 0 Å². The van der Waals surface area contributed by atoms with Gasteiger partial charge in [-0.1, -0.05) is 6.92 Å². The van der Waals surface area contributed by atoms with Crippen molar-refractivity contribution >= 4 is 0 Å². The Balaban J connectivity index is 2.55. The van der Waals surface area contributed by atoms with E-state index in [1.807, 2.05) is 6.92 Å². The molecule has 1 aromatic heterocycles. The summed E-state index contributed by atoms with van der Waals surface area (Å²) in [4.78, 5) is 0. The van der Waals surface area contributed by atoms with Gasteiger partial charge in [-0.2, -0.15) is 5.10 Å². The number of hydrogen-bond acceptors (Lipinski definition) is 2. The van der Waals surface area contributed by atoms with E-state index < -0.39 is 12.5 Å². The first kappa shape index (κ1) is 11.1. The van der Waals surface area contributed by atoms with Crippen LogP contribution < -0.4 is 5.32 Å². The summed E-state index contributed by atoms with van der Waals surface area (Å²) in [5.41, 5.74) is 0.832. The second-order valence-electron chi connectivity index (χ2n) is 3.23. The molecule has 0 radical (unpaired) electrons. The van der Waals surface area contributed by atoms with Gasteiger partial charge in [0.2, 0.25) is 0 Å². The highest BCUT2D eigenvalue weighted by Crippen LogP contribution is 2.08. The van der Waals surface area contributed by atoms with E-state index >= 15 is 0 Å². The van der Waals surface area contributed by atoms with E-state index in [9.17, 15) is 8.78 Å². The molecule has 1 unspecified atom stereocenters. The first-order valence-corrected chi connectivity index (χ1v) is 4.62. The van der Waals surface area contributed by atoms with E-state index in [0.717, 1.165) is 5.56 Å². The predicted octanol–water partition coefficient (Wildman–Crippen LogP) is 1.21. The fourth-order valence-electron chi connectivity index (χ4n) is 1.34. The molecule has 3 nitrogen and oxygen atoms in total. The lowest BCUT2D eigenvalue weighted by Crippen LogP contribution is -2.37. The fraction of sp³-hybridized carbons (Fsp3) is 0.667. The van der Waals surface area contributed by atoms with E-state index in [0.29, 0.717) is 13.0 Å². The standard InChI is InChI=1S/C9H15F2N3/c1-3-12-8(9(10)11)4-7-5-13-14(2)6-7/h5-6,8-9,12H,3-4H2,1-2H3. The number of aryl methyl sites for hydroxylation is 1. The fourth-order valence-corrected chi connectivity index (χ4v) is 1.34. The Morgan fingerprint density at radius 3 is 2.71 bits per heavy atom. The molecule has 0 bridgehead atoms. The quantitative estimate of drug-likeness (QED) is 0.779. The molecule has 5 heteroatoms. The average molecular weight is 203 g/mol. The highest BCUT2D eigenvalue weighted by Gasteiger charge is 2.19. The monoisotopic (exact) mass is 203 g/mol. The maximum atomic E-state index is 12.5. The van der Waals surface area contributed by atoms with E-state index in [1.54, 1.807) is 24.1 Å². The SMILES string of the molecule is CCNC(Cc1cnn(C)c1)C(F)F. The maximum Gasteiger partial charge on any atom is 0.254 e. The van der Waals surface area contributed by atoms with Crippen LogP contribution in [0.4, 0.5) is 8.78 Å². The summed E-state index contributed by atoms with van der Waals surface area (Å²) in [5, 5.41) is 6.69. The number of likely N-dealkylation sites (N-methyl/N-ethyl adjacent to an activating group) is 1. The van der Waals surface area contributed by atoms with Crippen molar-refractivity contribution in [1.29, 1.82) is 0 Å². The molecule has 0 aromatic carbocycles. The summed E-state index contributed by atoms with van der Waals surface area (Å²) in [6, 6.07) is -0.774. The maximum absolute atomic E-state index is 12.5. The minimum Gasteiger partial charge on any atom is -0.309 e. The second-order valence-corrected chi connectivity index (χ2v) is 3.23. The molecule has 0 aliphatic carbocycles. The first-order chi connectivity index (χ1) is 6.63. The molecule has 0 aliphatic heterocycles. The van der Waals surface area contributed by atoms with Crippen molar-refractivity contribution in [1.82, 2.24) is 15.1 Å². The lowest BCUT2D eigenvalue weighted by Gasteiger charge is -2.15. The summed E-state index contributed by atoms with van der Waals surface area (Å²) in [5.74, 6) is 0. The van der Waals surface area contributed by atoms with Crippen molar-refractivity contribution in [2.45, 2.75) is 25.8 Å². The zero-order valence-electron chi connectivity index (χ0n) is 8.37. The van der Waals surface area contributed by atoms with Crippen LogP contribution in [0.15, 0.2) is 12.4 Å². The topological polar surface area (TPSA) is 29.9 Å². The number of aromatic nitrogens is 2. The van der Waals surface area contributed by atoms with Crippen molar-refractivity contribution in [2.75, 3.05) is 6.54 Å². The Morgan fingerprint density at radius 2 is 2.29 bits per heavy atom. The largest absolute Gasteiger partial charge is 0.309 e. The van der Waals surface area contributed by atoms with Gasteiger partial charge in [0.25, 0.3) is 6.43 Å². The van der Waals surface area contributed by atoms with Gasteiger partial charge in [-0.3, -0.25) is 4.68 Å². The van der Waals surface area contributed by atoms with E-state index in [2.05, 4.69) is 10.4 Å². The highest BCUT2D eigenvalue weighted by atomic mass is 19.3. The molecule has 0 spiro atoms. The van der Waals surface area contributed by atoms with E-state index in [1.165, 1.54) is 0 Å². The number of hydrogen-bond donors (Lipinski definition) is 1. The molecule has 1 rings (SSSR count). The van der Waals surface area contributed by atoms with Crippen LogP contribution in [0.1, 0.15) is 12.5 Å². The Bertz CT molecular complexity index is 273. The average Bonchev–Trinajstić information content (AvgIpc) is 2.50. The van der Waals surface area contributed by atoms with Crippen molar-refractivity contribution in [3.63, 3.8) is 0 Å². The van der Waals surface area contributed by atoms with Crippen molar-refractivity contribution in [3.8, 4) is 0 Å². The molecule has 0 saturated carbocycles. The smallest absolute Gasteiger partial charge is 0.254 e. The number of halogens is 2. The molecule has 0 aliphatic rings. The summed E-state index contributed by atoms with van der Waals surface area (Å²) in [7, 11) is 1.77. The van der Waals surface area contributed by atoms with Crippen LogP contribution in [0.3, 0.4) is 0 Å². The van der Waals surface area contributed by atoms with Gasteiger partial charge in [-0.25, -0.2) is 8.78 Å². The molecule has 1 heterocycles. The third kappa shape index (κ3) is 3.06. The number of nitrogens with one attached hydrogen (secondary N) is 1. The Hall–Kier alpha value is -0.970. The lowest BCUT2D eigenvalue weighted by atomic mass is 10.1. The molecule has 80 valence electrons. The molecule has 0 fully saturated rings. The Morgan fingerprint density at radius 1 is 1.57 bits per heavy atom. The van der Waals surface area contributed by atoms with Crippen molar-refractivity contribution in [3.05, 3.63) is 18.0 Å². The highest BCUT2D eigenvalue weighted by molar-refractivity contribution is 5.06. The van der Waals surface area contributed by atoms with Crippen LogP contribution in [-0.2, 0) is 13.5 Å². The Kier molecular flexibility index (Phi) is 4.00. The van der Waals surface area contributed by atoms with Gasteiger partial charge in [-0.15, -0.1) is 0 Å². The molecule has 0 saturated heterocycles. The minimum absolute atomic E-state index is 0.319. The van der Waals surface area contributed by atoms with Crippen LogP contribution in [-0.4, -0.2) is 28.8 Å². The van der Waals surface area contributed by atoms with Gasteiger partial charge >= 0.3 is 0 Å². The molecule has 0 amide bonds. The van der Waals surface area contributed by atoms with Crippen molar-refractivity contribution in [2.24, 2.45) is 7.05 Å². The van der Waals surface area contributed by atoms with Crippen LogP contribution in [0.5, 0.6) is 0 Å². The number of alkyl halides is 2. The zero-order valence-corrected chi connectivity index (χ0v) is 8.37. The molecule has 1 N–H and O–H groups in total. The summed E-state index contributed by atoms with van der Waals surface area (Å²) in [6.07, 6.45) is 1.36. The second kappa shape index (κ2) is 5.05. The molecule has 1 aromatic rings. The van der Waals surface area contributed by atoms with E-state index in [-0.39, 0.29) is 0 Å². The van der Waals surface area contributed by atoms with Gasteiger partial charge in [-0.05, 0) is 18.5 Å². The van der Waals surface area contributed by atoms with E-state index in [4.69, 9.17) is 0 Å². The molecule has 14 heavy (non-hydrogen) atoms. The van der Waals surface area contributed by atoms with Crippen LogP contribution in [0, 0.1) is 0 Å². The summed E-state index contributed by atoms with van der Waals surface area (Å²) < 4.78 is 26.6. The first-order valence-electron chi connectivity index (χ1n) is 4.62. The van der Waals surface area contributed by atoms with Gasteiger partial charge < -0.3 is 5.32 Å². The third-order valence-electron chi connectivity index (χ3n) is 1.98. The van der Waals surface area contributed by atoms with Gasteiger partial charge in [0, 0.05) is 13.2 Å². The lowest BCUT2D eigenvalue weighted by molar-refractivity contribution is 0.0991. The van der Waals surface area contributed by atoms with Gasteiger partial charge in [0.1, 0.15) is 0 Å². The van der Waals surface area contributed by atoms with Crippen LogP contribution in [0.2, 0.25) is 0 Å². The number of nitrogens with zero attached hydrogens (tertiary/aromatic N) is 2. The van der Waals surface area contributed by atoms with Crippen molar-refractivity contribution < 1.29 is 8.78 Å². The minimum atomic E-state index is -2.34. The normalized spacial score (nSPS) is 13.5.